The van der Waals surface area contributed by atoms with E-state index in [1.54, 1.807) is 19.2 Å². The van der Waals surface area contributed by atoms with E-state index in [9.17, 15) is 4.39 Å². The first-order valence-corrected chi connectivity index (χ1v) is 8.58. The van der Waals surface area contributed by atoms with Gasteiger partial charge in [-0.2, -0.15) is 0 Å². The van der Waals surface area contributed by atoms with Crippen molar-refractivity contribution in [3.05, 3.63) is 35.6 Å². The Balaban J connectivity index is 1.61. The predicted molar refractivity (Wildman–Crippen MR) is 90.6 cm³/mol. The highest BCUT2D eigenvalue weighted by Gasteiger charge is 2.47. The number of methoxy groups -OCH3 is 1. The number of aryl methyl sites for hydroxylation is 1. The number of fused-ring (bicyclic) bond motifs is 4. The van der Waals surface area contributed by atoms with Gasteiger partial charge in [-0.15, -0.1) is 0 Å². The fraction of sp³-hybridized carbons (Fsp3) is 0.526. The van der Waals surface area contributed by atoms with Crippen LogP contribution in [0.5, 0.6) is 5.88 Å². The number of nitrogens with zero attached hydrogens (tertiary/aromatic N) is 1. The first-order chi connectivity index (χ1) is 11.5. The molecule has 4 nitrogen and oxygen atoms in total. The van der Waals surface area contributed by atoms with Gasteiger partial charge in [-0.25, -0.2) is 9.37 Å². The molecule has 1 aromatic carbocycles. The second-order valence-electron chi connectivity index (χ2n) is 7.29. The summed E-state index contributed by atoms with van der Waals surface area (Å²) in [6.07, 6.45) is 5.34. The molecule has 2 saturated heterocycles. The maximum atomic E-state index is 14.5. The van der Waals surface area contributed by atoms with Gasteiger partial charge in [0, 0.05) is 22.6 Å². The van der Waals surface area contributed by atoms with Crippen LogP contribution in [0.15, 0.2) is 24.3 Å². The SMILES string of the molecule is COc1ccc2ccc(F)c(CCC34CCC(N)(CC3)CO4)c2n1. The second-order valence-corrected chi connectivity index (χ2v) is 7.29. The molecule has 1 aromatic heterocycles. The molecule has 5 rings (SSSR count). The van der Waals surface area contributed by atoms with Gasteiger partial charge < -0.3 is 15.2 Å². The summed E-state index contributed by atoms with van der Waals surface area (Å²) in [5, 5.41) is 0.930. The summed E-state index contributed by atoms with van der Waals surface area (Å²) < 4.78 is 25.8. The van der Waals surface area contributed by atoms with Gasteiger partial charge in [0.25, 0.3) is 0 Å². The van der Waals surface area contributed by atoms with Crippen LogP contribution in [-0.2, 0) is 11.2 Å². The Kier molecular flexibility index (Phi) is 3.73. The smallest absolute Gasteiger partial charge is 0.213 e. The Morgan fingerprint density at radius 3 is 2.62 bits per heavy atom. The minimum atomic E-state index is -0.209. The summed E-state index contributed by atoms with van der Waals surface area (Å²) >= 11 is 0. The standard InChI is InChI=1S/C19H23FN2O2/c1-23-16-5-3-13-2-4-15(20)14(17(13)22-16)6-7-19-10-8-18(21,9-11-19)12-24-19/h2-5H,6-12,21H2,1H3. The summed E-state index contributed by atoms with van der Waals surface area (Å²) in [5.41, 5.74) is 7.34. The maximum absolute atomic E-state index is 14.5. The molecule has 0 radical (unpaired) electrons. The van der Waals surface area contributed by atoms with Crippen LogP contribution in [0.1, 0.15) is 37.7 Å². The van der Waals surface area contributed by atoms with E-state index in [4.69, 9.17) is 15.2 Å². The van der Waals surface area contributed by atoms with Gasteiger partial charge in [0.1, 0.15) is 5.82 Å². The molecule has 2 N–H and O–H groups in total. The number of benzene rings is 1. The van der Waals surface area contributed by atoms with Gasteiger partial charge in [0.2, 0.25) is 5.88 Å². The van der Waals surface area contributed by atoms with E-state index in [1.807, 2.05) is 6.07 Å². The third-order valence-corrected chi connectivity index (χ3v) is 5.75. The molecule has 5 heteroatoms. The van der Waals surface area contributed by atoms with Gasteiger partial charge in [-0.3, -0.25) is 0 Å². The van der Waals surface area contributed by atoms with E-state index in [0.29, 0.717) is 30.0 Å². The third kappa shape index (κ3) is 2.66. The van der Waals surface area contributed by atoms with E-state index in [-0.39, 0.29) is 17.0 Å². The molecule has 0 amide bonds. The fourth-order valence-electron chi connectivity index (χ4n) is 4.02. The number of aromatic nitrogens is 1. The Hall–Kier alpha value is -1.72. The fourth-order valence-corrected chi connectivity index (χ4v) is 4.02. The van der Waals surface area contributed by atoms with Crippen LogP contribution < -0.4 is 10.5 Å². The number of pyridine rings is 1. The molecule has 3 fully saturated rings. The summed E-state index contributed by atoms with van der Waals surface area (Å²) in [6, 6.07) is 7.01. The lowest BCUT2D eigenvalue weighted by Gasteiger charge is -2.51. The van der Waals surface area contributed by atoms with Crippen molar-refractivity contribution in [3.63, 3.8) is 0 Å². The number of ether oxygens (including phenoxy) is 2. The highest BCUT2D eigenvalue weighted by molar-refractivity contribution is 5.82. The minimum Gasteiger partial charge on any atom is -0.481 e. The predicted octanol–water partition coefficient (Wildman–Crippen LogP) is 3.36. The lowest BCUT2D eigenvalue weighted by molar-refractivity contribution is -0.156. The lowest BCUT2D eigenvalue weighted by Crippen LogP contribution is -2.59. The molecular formula is C19H23FN2O2. The summed E-state index contributed by atoms with van der Waals surface area (Å²) in [6.45, 7) is 0.622. The van der Waals surface area contributed by atoms with Crippen molar-refractivity contribution in [1.82, 2.24) is 4.98 Å². The highest BCUT2D eigenvalue weighted by Crippen LogP contribution is 2.45. The van der Waals surface area contributed by atoms with Crippen molar-refractivity contribution in [1.29, 1.82) is 0 Å². The zero-order valence-electron chi connectivity index (χ0n) is 14.0. The molecule has 2 aromatic rings. The molecule has 1 aliphatic carbocycles. The van der Waals surface area contributed by atoms with Gasteiger partial charge >= 0.3 is 0 Å². The monoisotopic (exact) mass is 330 g/mol. The van der Waals surface area contributed by atoms with E-state index in [0.717, 1.165) is 37.5 Å². The number of nitrogens with two attached hydrogens (primary N) is 1. The Bertz CT molecular complexity index is 753. The molecule has 3 aliphatic rings. The van der Waals surface area contributed by atoms with Gasteiger partial charge in [-0.1, -0.05) is 0 Å². The molecule has 2 aliphatic heterocycles. The van der Waals surface area contributed by atoms with Crippen molar-refractivity contribution in [2.75, 3.05) is 13.7 Å². The van der Waals surface area contributed by atoms with Crippen LogP contribution >= 0.6 is 0 Å². The number of hydrogen-bond acceptors (Lipinski definition) is 4. The third-order valence-electron chi connectivity index (χ3n) is 5.75. The van der Waals surface area contributed by atoms with Crippen LogP contribution in [-0.4, -0.2) is 29.8 Å². The summed E-state index contributed by atoms with van der Waals surface area (Å²) in [4.78, 5) is 4.46. The van der Waals surface area contributed by atoms with Gasteiger partial charge in [-0.05, 0) is 56.7 Å². The lowest BCUT2D eigenvalue weighted by atomic mass is 9.70. The number of rotatable bonds is 4. The topological polar surface area (TPSA) is 57.4 Å². The summed E-state index contributed by atoms with van der Waals surface area (Å²) in [7, 11) is 1.57. The van der Waals surface area contributed by atoms with E-state index >= 15 is 0 Å². The van der Waals surface area contributed by atoms with Crippen molar-refractivity contribution >= 4 is 10.9 Å². The Morgan fingerprint density at radius 2 is 1.96 bits per heavy atom. The Labute approximate surface area is 141 Å². The van der Waals surface area contributed by atoms with Crippen LogP contribution in [0.25, 0.3) is 10.9 Å². The summed E-state index contributed by atoms with van der Waals surface area (Å²) in [5.74, 6) is 0.298. The molecule has 0 unspecified atom stereocenters. The first-order valence-electron chi connectivity index (χ1n) is 8.58. The molecule has 0 atom stereocenters. The van der Waals surface area contributed by atoms with E-state index in [2.05, 4.69) is 4.98 Å². The van der Waals surface area contributed by atoms with E-state index in [1.165, 1.54) is 6.07 Å². The molecule has 128 valence electrons. The number of halogens is 1. The van der Waals surface area contributed by atoms with Gasteiger partial charge in [0.05, 0.1) is 24.8 Å². The zero-order valence-corrected chi connectivity index (χ0v) is 14.0. The van der Waals surface area contributed by atoms with Crippen LogP contribution in [0.4, 0.5) is 4.39 Å². The normalized spacial score (nSPS) is 29.1. The Morgan fingerprint density at radius 1 is 1.21 bits per heavy atom. The average Bonchev–Trinajstić information content (AvgIpc) is 2.62. The average molecular weight is 330 g/mol. The van der Waals surface area contributed by atoms with Crippen LogP contribution in [0.2, 0.25) is 0 Å². The molecular weight excluding hydrogens is 307 g/mol. The minimum absolute atomic E-state index is 0.138. The molecule has 24 heavy (non-hydrogen) atoms. The largest absolute Gasteiger partial charge is 0.481 e. The maximum Gasteiger partial charge on any atom is 0.213 e. The number of hydrogen-bond donors (Lipinski definition) is 1. The highest BCUT2D eigenvalue weighted by atomic mass is 19.1. The first kappa shape index (κ1) is 15.8. The molecule has 2 bridgehead atoms. The molecule has 0 spiro atoms. The molecule has 3 heterocycles. The van der Waals surface area contributed by atoms with Crippen LogP contribution in [0, 0.1) is 5.82 Å². The van der Waals surface area contributed by atoms with Crippen molar-refractivity contribution in [2.45, 2.75) is 49.7 Å². The van der Waals surface area contributed by atoms with E-state index < -0.39 is 0 Å². The van der Waals surface area contributed by atoms with Crippen LogP contribution in [0.3, 0.4) is 0 Å². The zero-order chi connectivity index (χ0) is 16.8. The van der Waals surface area contributed by atoms with Crippen molar-refractivity contribution in [3.8, 4) is 5.88 Å². The van der Waals surface area contributed by atoms with Crippen molar-refractivity contribution < 1.29 is 13.9 Å². The molecule has 1 saturated carbocycles. The second kappa shape index (κ2) is 5.67. The quantitative estimate of drug-likeness (QED) is 0.934. The van der Waals surface area contributed by atoms with Gasteiger partial charge in [0.15, 0.2) is 0 Å². The van der Waals surface area contributed by atoms with Crippen molar-refractivity contribution in [2.24, 2.45) is 5.73 Å².